The molecule has 3 nitrogen and oxygen atoms in total. The van der Waals surface area contributed by atoms with Crippen molar-refractivity contribution in [3.8, 4) is 0 Å². The monoisotopic (exact) mass is 234 g/mol. The molecule has 0 saturated carbocycles. The van der Waals surface area contributed by atoms with E-state index in [0.29, 0.717) is 0 Å². The number of ether oxygens (including phenoxy) is 1. The maximum atomic E-state index is 5.43. The first-order valence-corrected chi connectivity index (χ1v) is 6.17. The van der Waals surface area contributed by atoms with E-state index in [2.05, 4.69) is 35.0 Å². The number of hydrogen-bond donors (Lipinski definition) is 0. The van der Waals surface area contributed by atoms with E-state index in [4.69, 9.17) is 4.74 Å². The summed E-state index contributed by atoms with van der Waals surface area (Å²) in [6.45, 7) is 4.00. The van der Waals surface area contributed by atoms with Gasteiger partial charge in [0.15, 0.2) is 5.13 Å². The van der Waals surface area contributed by atoms with Crippen LogP contribution in [0.4, 0.5) is 5.13 Å². The van der Waals surface area contributed by atoms with E-state index in [1.165, 1.54) is 4.70 Å². The molecule has 1 saturated heterocycles. The molecule has 0 unspecified atom stereocenters. The molecule has 1 aromatic heterocycles. The van der Waals surface area contributed by atoms with Crippen molar-refractivity contribution >= 4 is 26.7 Å². The zero-order chi connectivity index (χ0) is 11.2. The molecule has 1 aromatic carbocycles. The van der Waals surface area contributed by atoms with Gasteiger partial charge >= 0.3 is 0 Å². The molecule has 0 radical (unpaired) electrons. The maximum Gasteiger partial charge on any atom is 0.186 e. The van der Waals surface area contributed by atoms with Gasteiger partial charge < -0.3 is 9.64 Å². The highest BCUT2D eigenvalue weighted by Crippen LogP contribution is 2.35. The first-order chi connectivity index (χ1) is 7.70. The van der Waals surface area contributed by atoms with E-state index in [9.17, 15) is 0 Å². The van der Waals surface area contributed by atoms with Crippen LogP contribution in [0.25, 0.3) is 10.2 Å². The number of thiazole rings is 1. The molecule has 2 aromatic rings. The number of benzene rings is 1. The Morgan fingerprint density at radius 3 is 2.81 bits per heavy atom. The second kappa shape index (κ2) is 3.43. The molecule has 84 valence electrons. The largest absolute Gasteiger partial charge is 0.375 e. The van der Waals surface area contributed by atoms with E-state index in [1.54, 1.807) is 18.4 Å². The molecule has 0 bridgehead atoms. The van der Waals surface area contributed by atoms with E-state index in [0.717, 1.165) is 23.7 Å². The van der Waals surface area contributed by atoms with Gasteiger partial charge in [0.2, 0.25) is 0 Å². The fraction of sp³-hybridized carbons (Fsp3) is 0.417. The number of aromatic nitrogens is 1. The van der Waals surface area contributed by atoms with Crippen LogP contribution in [0.2, 0.25) is 0 Å². The molecule has 0 N–H and O–H groups in total. The molecule has 16 heavy (non-hydrogen) atoms. The summed E-state index contributed by atoms with van der Waals surface area (Å²) in [6, 6.07) is 8.26. The van der Waals surface area contributed by atoms with Gasteiger partial charge in [-0.1, -0.05) is 23.5 Å². The van der Waals surface area contributed by atoms with Crippen molar-refractivity contribution < 1.29 is 4.74 Å². The average molecular weight is 234 g/mol. The number of anilines is 1. The molecule has 1 aliphatic heterocycles. The number of fused-ring (bicyclic) bond motifs is 1. The number of nitrogens with zero attached hydrogens (tertiary/aromatic N) is 2. The predicted molar refractivity (Wildman–Crippen MR) is 67.2 cm³/mol. The molecule has 3 rings (SSSR count). The van der Waals surface area contributed by atoms with Gasteiger partial charge in [0.05, 0.1) is 28.9 Å². The normalized spacial score (nSPS) is 18.8. The van der Waals surface area contributed by atoms with Crippen LogP contribution in [0.5, 0.6) is 0 Å². The van der Waals surface area contributed by atoms with Gasteiger partial charge in [-0.3, -0.25) is 0 Å². The van der Waals surface area contributed by atoms with Crippen LogP contribution in [-0.4, -0.2) is 30.8 Å². The molecular formula is C12H14N2OS. The van der Waals surface area contributed by atoms with Crippen molar-refractivity contribution in [2.45, 2.75) is 12.5 Å². The second-order valence-electron chi connectivity index (χ2n) is 4.47. The zero-order valence-corrected chi connectivity index (χ0v) is 10.3. The van der Waals surface area contributed by atoms with Crippen molar-refractivity contribution in [1.82, 2.24) is 4.98 Å². The lowest BCUT2D eigenvalue weighted by atomic mass is 9.97. The van der Waals surface area contributed by atoms with Gasteiger partial charge in [0.1, 0.15) is 0 Å². The molecule has 0 atom stereocenters. The van der Waals surface area contributed by atoms with E-state index in [1.807, 2.05) is 6.07 Å². The summed E-state index contributed by atoms with van der Waals surface area (Å²) in [5.74, 6) is 0. The summed E-state index contributed by atoms with van der Waals surface area (Å²) in [7, 11) is 1.77. The lowest BCUT2D eigenvalue weighted by Crippen LogP contribution is -2.61. The Bertz CT molecular complexity index is 483. The topological polar surface area (TPSA) is 25.4 Å². The molecule has 0 spiro atoms. The van der Waals surface area contributed by atoms with Gasteiger partial charge in [-0.05, 0) is 19.1 Å². The third-order valence-corrected chi connectivity index (χ3v) is 4.19. The van der Waals surface area contributed by atoms with Gasteiger partial charge in [-0.2, -0.15) is 0 Å². The quantitative estimate of drug-likeness (QED) is 0.798. The van der Waals surface area contributed by atoms with Crippen molar-refractivity contribution in [2.75, 3.05) is 25.1 Å². The SMILES string of the molecule is COC1(C)CN(c2nc3ccccc3s2)C1. The summed E-state index contributed by atoms with van der Waals surface area (Å²) >= 11 is 1.75. The smallest absolute Gasteiger partial charge is 0.186 e. The summed E-state index contributed by atoms with van der Waals surface area (Å²) in [5.41, 5.74) is 1.10. The molecule has 1 fully saturated rings. The molecule has 0 amide bonds. The van der Waals surface area contributed by atoms with E-state index < -0.39 is 0 Å². The van der Waals surface area contributed by atoms with Gasteiger partial charge in [0, 0.05) is 7.11 Å². The highest BCUT2D eigenvalue weighted by Gasteiger charge is 2.40. The van der Waals surface area contributed by atoms with E-state index >= 15 is 0 Å². The van der Waals surface area contributed by atoms with Crippen LogP contribution in [0.1, 0.15) is 6.92 Å². The Hall–Kier alpha value is -1.13. The van der Waals surface area contributed by atoms with Crippen molar-refractivity contribution in [2.24, 2.45) is 0 Å². The number of hydrogen-bond acceptors (Lipinski definition) is 4. The summed E-state index contributed by atoms with van der Waals surface area (Å²) in [5, 5.41) is 1.11. The Kier molecular flexibility index (Phi) is 2.16. The number of para-hydroxylation sites is 1. The Morgan fingerprint density at radius 2 is 2.12 bits per heavy atom. The highest BCUT2D eigenvalue weighted by molar-refractivity contribution is 7.22. The first-order valence-electron chi connectivity index (χ1n) is 5.36. The van der Waals surface area contributed by atoms with E-state index in [-0.39, 0.29) is 5.60 Å². The fourth-order valence-corrected chi connectivity index (χ4v) is 2.98. The molecular weight excluding hydrogens is 220 g/mol. The Balaban J connectivity index is 1.86. The summed E-state index contributed by atoms with van der Waals surface area (Å²) in [6.07, 6.45) is 0. The molecule has 0 aliphatic carbocycles. The minimum absolute atomic E-state index is 0.0118. The molecule has 4 heteroatoms. The standard InChI is InChI=1S/C12H14N2OS/c1-12(15-2)7-14(8-12)11-13-9-5-3-4-6-10(9)16-11/h3-6H,7-8H2,1-2H3. The summed E-state index contributed by atoms with van der Waals surface area (Å²) in [4.78, 5) is 6.90. The number of rotatable bonds is 2. The van der Waals surface area contributed by atoms with Crippen LogP contribution >= 0.6 is 11.3 Å². The van der Waals surface area contributed by atoms with Crippen LogP contribution in [-0.2, 0) is 4.74 Å². The first kappa shape index (κ1) is 10.1. The zero-order valence-electron chi connectivity index (χ0n) is 9.43. The second-order valence-corrected chi connectivity index (χ2v) is 5.48. The highest BCUT2D eigenvalue weighted by atomic mass is 32.1. The minimum Gasteiger partial charge on any atom is -0.375 e. The minimum atomic E-state index is 0.0118. The Labute approximate surface area is 98.7 Å². The summed E-state index contributed by atoms with van der Waals surface area (Å²) < 4.78 is 6.69. The predicted octanol–water partition coefficient (Wildman–Crippen LogP) is 2.52. The maximum absolute atomic E-state index is 5.43. The molecule has 2 heterocycles. The van der Waals surface area contributed by atoms with Crippen molar-refractivity contribution in [1.29, 1.82) is 0 Å². The van der Waals surface area contributed by atoms with Gasteiger partial charge in [-0.25, -0.2) is 4.98 Å². The average Bonchev–Trinajstić information content (AvgIpc) is 2.67. The van der Waals surface area contributed by atoms with Crippen molar-refractivity contribution in [3.05, 3.63) is 24.3 Å². The molecule has 1 aliphatic rings. The van der Waals surface area contributed by atoms with Crippen LogP contribution in [0.15, 0.2) is 24.3 Å². The van der Waals surface area contributed by atoms with Crippen LogP contribution in [0, 0.1) is 0 Å². The van der Waals surface area contributed by atoms with Crippen LogP contribution in [0.3, 0.4) is 0 Å². The van der Waals surface area contributed by atoms with Gasteiger partial charge in [-0.15, -0.1) is 0 Å². The Morgan fingerprint density at radius 1 is 1.38 bits per heavy atom. The van der Waals surface area contributed by atoms with Gasteiger partial charge in [0.25, 0.3) is 0 Å². The van der Waals surface area contributed by atoms with Crippen molar-refractivity contribution in [3.63, 3.8) is 0 Å². The third kappa shape index (κ3) is 1.49. The fourth-order valence-electron chi connectivity index (χ4n) is 2.02. The van der Waals surface area contributed by atoms with Crippen LogP contribution < -0.4 is 4.90 Å². The number of methoxy groups -OCH3 is 1. The lowest BCUT2D eigenvalue weighted by Gasteiger charge is -2.46. The lowest BCUT2D eigenvalue weighted by molar-refractivity contribution is -0.0167. The third-order valence-electron chi connectivity index (χ3n) is 3.10.